The Labute approximate surface area is 111 Å². The summed E-state index contributed by atoms with van der Waals surface area (Å²) in [5, 5.41) is 4.14. The van der Waals surface area contributed by atoms with Crippen molar-refractivity contribution in [3.8, 4) is 0 Å². The summed E-state index contributed by atoms with van der Waals surface area (Å²) in [6.07, 6.45) is 2.51. The fourth-order valence-corrected chi connectivity index (χ4v) is 4.29. The van der Waals surface area contributed by atoms with Crippen molar-refractivity contribution in [1.82, 2.24) is 5.32 Å². The zero-order valence-electron chi connectivity index (χ0n) is 13.1. The van der Waals surface area contributed by atoms with Crippen LogP contribution in [0.5, 0.6) is 0 Å². The van der Waals surface area contributed by atoms with Gasteiger partial charge in [0, 0.05) is 0 Å². The molecule has 0 aliphatic carbocycles. The molecule has 17 heavy (non-hydrogen) atoms. The molecule has 0 bridgehead atoms. The largest absolute Gasteiger partial charge is 0.319 e. The van der Waals surface area contributed by atoms with Gasteiger partial charge in [-0.2, -0.15) is 0 Å². The maximum absolute atomic E-state index is 3.93. The lowest BCUT2D eigenvalue weighted by Gasteiger charge is -2.37. The Morgan fingerprint density at radius 1 is 1.12 bits per heavy atom. The van der Waals surface area contributed by atoms with Crippen LogP contribution < -0.4 is 5.32 Å². The predicted octanol–water partition coefficient (Wildman–Crippen LogP) is 4.45. The minimum atomic E-state index is -1.15. The van der Waals surface area contributed by atoms with E-state index in [1.807, 2.05) is 0 Å². The van der Waals surface area contributed by atoms with Crippen LogP contribution in [0.15, 0.2) is 12.3 Å². The SMILES string of the molecule is C=C[Si](C)(C)CNCCC[Si](C)(C)C(C)(C)C. The molecule has 102 valence electrons. The fourth-order valence-electron chi connectivity index (χ4n) is 1.51. The van der Waals surface area contributed by atoms with Crippen molar-refractivity contribution in [1.29, 1.82) is 0 Å². The van der Waals surface area contributed by atoms with Crippen molar-refractivity contribution in [3.63, 3.8) is 0 Å². The standard InChI is InChI=1S/C14H33NSi2/c1-9-16(5,6)13-15-11-10-12-17(7,8)14(2,3)4/h9,15H,1,10-13H2,2-8H3. The molecule has 0 aliphatic heterocycles. The highest BCUT2D eigenvalue weighted by Crippen LogP contribution is 2.39. The summed E-state index contributed by atoms with van der Waals surface area (Å²) < 4.78 is 0. The summed E-state index contributed by atoms with van der Waals surface area (Å²) in [6.45, 7) is 22.1. The molecule has 0 rings (SSSR count). The van der Waals surface area contributed by atoms with E-state index in [2.05, 4.69) is 64.6 Å². The van der Waals surface area contributed by atoms with Gasteiger partial charge in [0.1, 0.15) is 0 Å². The van der Waals surface area contributed by atoms with Gasteiger partial charge < -0.3 is 5.32 Å². The summed E-state index contributed by atoms with van der Waals surface area (Å²) in [5.74, 6) is 0. The third kappa shape index (κ3) is 6.58. The normalized spacial score (nSPS) is 13.8. The van der Waals surface area contributed by atoms with Gasteiger partial charge >= 0.3 is 0 Å². The van der Waals surface area contributed by atoms with Crippen molar-refractivity contribution in [2.24, 2.45) is 0 Å². The molecule has 0 spiro atoms. The molecule has 0 saturated carbocycles. The van der Waals surface area contributed by atoms with Gasteiger partial charge in [-0.05, 0) is 24.2 Å². The van der Waals surface area contributed by atoms with Crippen molar-refractivity contribution in [2.45, 2.75) is 64.5 Å². The van der Waals surface area contributed by atoms with Crippen molar-refractivity contribution < 1.29 is 0 Å². The van der Waals surface area contributed by atoms with E-state index in [4.69, 9.17) is 0 Å². The molecule has 0 atom stereocenters. The van der Waals surface area contributed by atoms with Crippen LogP contribution in [-0.2, 0) is 0 Å². The molecule has 0 aromatic rings. The Morgan fingerprint density at radius 2 is 1.65 bits per heavy atom. The molecule has 0 heterocycles. The van der Waals surface area contributed by atoms with Crippen LogP contribution >= 0.6 is 0 Å². The first-order valence-electron chi connectivity index (χ1n) is 6.86. The average Bonchev–Trinajstić information content (AvgIpc) is 2.15. The van der Waals surface area contributed by atoms with Gasteiger partial charge in [0.25, 0.3) is 0 Å². The Balaban J connectivity index is 3.84. The molecule has 0 aromatic heterocycles. The van der Waals surface area contributed by atoms with Crippen molar-refractivity contribution >= 4 is 16.1 Å². The average molecular weight is 272 g/mol. The highest BCUT2D eigenvalue weighted by Gasteiger charge is 2.33. The number of hydrogen-bond acceptors (Lipinski definition) is 1. The molecule has 1 N–H and O–H groups in total. The summed E-state index contributed by atoms with van der Waals surface area (Å²) in [4.78, 5) is 0. The minimum absolute atomic E-state index is 0.530. The highest BCUT2D eigenvalue weighted by molar-refractivity contribution is 6.82. The Hall–Kier alpha value is 0.134. The molecular weight excluding hydrogens is 238 g/mol. The molecule has 0 saturated heterocycles. The Kier molecular flexibility index (Phi) is 6.39. The smallest absolute Gasteiger partial charge is 0.0851 e. The summed E-state index contributed by atoms with van der Waals surface area (Å²) in [6, 6.07) is 1.43. The minimum Gasteiger partial charge on any atom is -0.319 e. The molecule has 0 aromatic carbocycles. The van der Waals surface area contributed by atoms with Crippen LogP contribution in [0.4, 0.5) is 0 Å². The van der Waals surface area contributed by atoms with Crippen LogP contribution in [0, 0.1) is 0 Å². The van der Waals surface area contributed by atoms with Crippen LogP contribution in [0.2, 0.25) is 37.3 Å². The van der Waals surface area contributed by atoms with Gasteiger partial charge in [0.05, 0.1) is 16.1 Å². The van der Waals surface area contributed by atoms with Crippen LogP contribution in [0.3, 0.4) is 0 Å². The zero-order chi connectivity index (χ0) is 13.7. The van der Waals surface area contributed by atoms with Crippen LogP contribution in [0.1, 0.15) is 27.2 Å². The van der Waals surface area contributed by atoms with Crippen LogP contribution in [0.25, 0.3) is 0 Å². The van der Waals surface area contributed by atoms with Gasteiger partial charge in [-0.1, -0.05) is 53.0 Å². The number of hydrogen-bond donors (Lipinski definition) is 1. The predicted molar refractivity (Wildman–Crippen MR) is 87.2 cm³/mol. The topological polar surface area (TPSA) is 12.0 Å². The van der Waals surface area contributed by atoms with Gasteiger partial charge in [-0.3, -0.25) is 0 Å². The molecular formula is C14H33NSi2. The van der Waals surface area contributed by atoms with E-state index >= 15 is 0 Å². The highest BCUT2D eigenvalue weighted by atomic mass is 28.3. The maximum atomic E-state index is 3.93. The van der Waals surface area contributed by atoms with Gasteiger partial charge in [0.2, 0.25) is 0 Å². The quantitative estimate of drug-likeness (QED) is 0.533. The second-order valence-electron chi connectivity index (χ2n) is 7.61. The monoisotopic (exact) mass is 271 g/mol. The second kappa shape index (κ2) is 6.34. The van der Waals surface area contributed by atoms with E-state index in [9.17, 15) is 0 Å². The fraction of sp³-hybridized carbons (Fsp3) is 0.857. The van der Waals surface area contributed by atoms with E-state index in [-0.39, 0.29) is 0 Å². The lowest BCUT2D eigenvalue weighted by Crippen LogP contribution is -2.40. The first-order valence-corrected chi connectivity index (χ1v) is 13.4. The molecule has 0 fully saturated rings. The molecule has 0 amide bonds. The third-order valence-corrected chi connectivity index (χ3v) is 12.2. The zero-order valence-corrected chi connectivity index (χ0v) is 15.1. The third-order valence-electron chi connectivity index (χ3n) is 4.32. The molecule has 3 heteroatoms. The first kappa shape index (κ1) is 17.1. The molecule has 0 unspecified atom stereocenters. The lowest BCUT2D eigenvalue weighted by molar-refractivity contribution is 0.686. The maximum Gasteiger partial charge on any atom is 0.0851 e. The van der Waals surface area contributed by atoms with E-state index in [1.54, 1.807) is 0 Å². The first-order chi connectivity index (χ1) is 7.52. The van der Waals surface area contributed by atoms with Crippen LogP contribution in [-0.4, -0.2) is 28.9 Å². The Morgan fingerprint density at radius 3 is 2.06 bits per heavy atom. The molecule has 1 nitrogen and oxygen atoms in total. The molecule has 0 radical (unpaired) electrons. The summed E-state index contributed by atoms with van der Waals surface area (Å²) >= 11 is 0. The van der Waals surface area contributed by atoms with Crippen molar-refractivity contribution in [2.75, 3.05) is 12.7 Å². The van der Waals surface area contributed by atoms with Crippen molar-refractivity contribution in [3.05, 3.63) is 12.3 Å². The summed E-state index contributed by atoms with van der Waals surface area (Å²) in [5.41, 5.74) is 2.17. The number of rotatable bonds is 7. The van der Waals surface area contributed by atoms with E-state index in [0.29, 0.717) is 5.04 Å². The van der Waals surface area contributed by atoms with Gasteiger partial charge in [-0.15, -0.1) is 12.3 Å². The van der Waals surface area contributed by atoms with Gasteiger partial charge in [-0.25, -0.2) is 0 Å². The van der Waals surface area contributed by atoms with Gasteiger partial charge in [0.15, 0.2) is 0 Å². The Bertz CT molecular complexity index is 239. The molecule has 0 aliphatic rings. The van der Waals surface area contributed by atoms with E-state index < -0.39 is 16.1 Å². The lowest BCUT2D eigenvalue weighted by atomic mass is 10.2. The van der Waals surface area contributed by atoms with E-state index in [1.165, 1.54) is 25.2 Å². The second-order valence-corrected chi connectivity index (χ2v) is 18.1. The van der Waals surface area contributed by atoms with E-state index in [0.717, 1.165) is 0 Å². The summed E-state index contributed by atoms with van der Waals surface area (Å²) in [7, 11) is -2.20. The number of nitrogens with one attached hydrogen (secondary N) is 1.